The highest BCUT2D eigenvalue weighted by molar-refractivity contribution is 7.90. The fourth-order valence-electron chi connectivity index (χ4n) is 2.27. The molecule has 0 aromatic heterocycles. The predicted octanol–water partition coefficient (Wildman–Crippen LogP) is 1.61. The molecule has 0 saturated heterocycles. The first-order chi connectivity index (χ1) is 9.30. The summed E-state index contributed by atoms with van der Waals surface area (Å²) in [5.41, 5.74) is -0.312. The van der Waals surface area contributed by atoms with Crippen molar-refractivity contribution in [1.82, 2.24) is 4.90 Å². The lowest BCUT2D eigenvalue weighted by molar-refractivity contribution is 0.0497. The number of nitriles is 1. The molecule has 0 unspecified atom stereocenters. The third-order valence-electron chi connectivity index (χ3n) is 3.86. The van der Waals surface area contributed by atoms with E-state index in [1.54, 1.807) is 7.05 Å². The van der Waals surface area contributed by atoms with E-state index in [-0.39, 0.29) is 10.8 Å². The minimum absolute atomic E-state index is 0.176. The van der Waals surface area contributed by atoms with E-state index in [9.17, 15) is 18.5 Å². The highest BCUT2D eigenvalue weighted by Gasteiger charge is 2.43. The Bertz CT molecular complexity index is 667. The Morgan fingerprint density at radius 2 is 1.85 bits per heavy atom. The van der Waals surface area contributed by atoms with Crippen LogP contribution in [0.4, 0.5) is 0 Å². The smallest absolute Gasteiger partial charge is 0.254 e. The van der Waals surface area contributed by atoms with Crippen LogP contribution in [0, 0.1) is 11.3 Å². The zero-order valence-electron chi connectivity index (χ0n) is 11.5. The number of carbonyl (C=O) groups is 1. The van der Waals surface area contributed by atoms with Gasteiger partial charge < -0.3 is 4.90 Å². The fourth-order valence-corrected chi connectivity index (χ4v) is 2.90. The zero-order valence-corrected chi connectivity index (χ0v) is 12.3. The minimum Gasteiger partial charge on any atom is -0.323 e. The van der Waals surface area contributed by atoms with Gasteiger partial charge in [0.2, 0.25) is 0 Å². The molecule has 1 aromatic carbocycles. The van der Waals surface area contributed by atoms with Crippen LogP contribution in [0.2, 0.25) is 0 Å². The van der Waals surface area contributed by atoms with Crippen LogP contribution in [0.15, 0.2) is 29.2 Å². The topological polar surface area (TPSA) is 78.2 Å². The van der Waals surface area contributed by atoms with Crippen molar-refractivity contribution in [1.29, 1.82) is 5.26 Å². The van der Waals surface area contributed by atoms with Gasteiger partial charge in [0.15, 0.2) is 9.84 Å². The molecule has 0 atom stereocenters. The van der Waals surface area contributed by atoms with Crippen LogP contribution in [-0.2, 0) is 9.84 Å². The lowest BCUT2D eigenvalue weighted by atomic mass is 9.76. The average Bonchev–Trinajstić information content (AvgIpc) is 2.36. The number of carbonyl (C=O) groups excluding carboxylic acids is 1. The predicted molar refractivity (Wildman–Crippen MR) is 73.8 cm³/mol. The average molecular weight is 292 g/mol. The van der Waals surface area contributed by atoms with E-state index < -0.39 is 15.4 Å². The van der Waals surface area contributed by atoms with E-state index in [0.717, 1.165) is 12.7 Å². The van der Waals surface area contributed by atoms with Crippen molar-refractivity contribution in [2.75, 3.05) is 13.3 Å². The SMILES string of the molecule is CN(C(=O)c1ccc(S(C)(=O)=O)cc1)C1(C#N)CCC1. The molecule has 1 amide bonds. The maximum absolute atomic E-state index is 12.3. The molecule has 20 heavy (non-hydrogen) atoms. The van der Waals surface area contributed by atoms with Crippen molar-refractivity contribution >= 4 is 15.7 Å². The molecule has 0 heterocycles. The number of amides is 1. The monoisotopic (exact) mass is 292 g/mol. The summed E-state index contributed by atoms with van der Waals surface area (Å²) < 4.78 is 22.7. The quantitative estimate of drug-likeness (QED) is 0.848. The number of hydrogen-bond acceptors (Lipinski definition) is 4. The summed E-state index contributed by atoms with van der Waals surface area (Å²) in [5.74, 6) is -0.258. The van der Waals surface area contributed by atoms with Gasteiger partial charge in [-0.1, -0.05) is 0 Å². The molecule has 0 aliphatic heterocycles. The molecule has 1 saturated carbocycles. The normalized spacial score (nSPS) is 16.9. The molecule has 0 spiro atoms. The van der Waals surface area contributed by atoms with E-state index in [0.29, 0.717) is 18.4 Å². The van der Waals surface area contributed by atoms with Crippen molar-refractivity contribution in [2.45, 2.75) is 29.7 Å². The van der Waals surface area contributed by atoms with Crippen molar-refractivity contribution in [3.05, 3.63) is 29.8 Å². The van der Waals surface area contributed by atoms with Crippen molar-refractivity contribution in [3.63, 3.8) is 0 Å². The maximum Gasteiger partial charge on any atom is 0.254 e. The van der Waals surface area contributed by atoms with E-state index in [1.807, 2.05) is 0 Å². The third-order valence-corrected chi connectivity index (χ3v) is 4.99. The Labute approximate surface area is 118 Å². The fraction of sp³-hybridized carbons (Fsp3) is 0.429. The number of hydrogen-bond donors (Lipinski definition) is 0. The molecule has 1 aliphatic carbocycles. The van der Waals surface area contributed by atoms with E-state index >= 15 is 0 Å². The van der Waals surface area contributed by atoms with Crippen molar-refractivity contribution in [3.8, 4) is 6.07 Å². The van der Waals surface area contributed by atoms with Gasteiger partial charge in [0.1, 0.15) is 5.54 Å². The lowest BCUT2D eigenvalue weighted by Gasteiger charge is -2.42. The molecule has 1 fully saturated rings. The number of benzene rings is 1. The molecule has 106 valence electrons. The van der Waals surface area contributed by atoms with Crippen LogP contribution in [0.3, 0.4) is 0 Å². The van der Waals surface area contributed by atoms with Crippen molar-refractivity contribution < 1.29 is 13.2 Å². The van der Waals surface area contributed by atoms with Gasteiger partial charge in [-0.25, -0.2) is 8.42 Å². The van der Waals surface area contributed by atoms with Gasteiger partial charge in [0, 0.05) is 18.9 Å². The van der Waals surface area contributed by atoms with Gasteiger partial charge in [0.05, 0.1) is 11.0 Å². The summed E-state index contributed by atoms with van der Waals surface area (Å²) in [6.07, 6.45) is 3.44. The first kappa shape index (κ1) is 14.5. The standard InChI is InChI=1S/C14H16N2O3S/c1-16(14(10-15)8-3-9-14)13(17)11-4-6-12(7-5-11)20(2,18)19/h4-7H,3,8-9H2,1-2H3. The lowest BCUT2D eigenvalue weighted by Crippen LogP contribution is -2.53. The van der Waals surface area contributed by atoms with Gasteiger partial charge in [0.25, 0.3) is 5.91 Å². The van der Waals surface area contributed by atoms with Gasteiger partial charge in [-0.3, -0.25) is 4.79 Å². The molecule has 6 heteroatoms. The number of rotatable bonds is 3. The highest BCUT2D eigenvalue weighted by atomic mass is 32.2. The van der Waals surface area contributed by atoms with Crippen LogP contribution in [0.25, 0.3) is 0 Å². The molecule has 5 nitrogen and oxygen atoms in total. The summed E-state index contributed by atoms with van der Waals surface area (Å²) >= 11 is 0. The summed E-state index contributed by atoms with van der Waals surface area (Å²) in [5, 5.41) is 9.23. The number of sulfone groups is 1. The summed E-state index contributed by atoms with van der Waals surface area (Å²) in [6, 6.07) is 8.01. The Hall–Kier alpha value is -1.87. The maximum atomic E-state index is 12.3. The van der Waals surface area contributed by atoms with Gasteiger partial charge in [-0.15, -0.1) is 0 Å². The van der Waals surface area contributed by atoms with Crippen LogP contribution >= 0.6 is 0 Å². The first-order valence-electron chi connectivity index (χ1n) is 6.30. The van der Waals surface area contributed by atoms with Crippen LogP contribution in [-0.4, -0.2) is 38.1 Å². The Balaban J connectivity index is 2.24. The molecule has 0 N–H and O–H groups in total. The van der Waals surface area contributed by atoms with Crippen LogP contribution < -0.4 is 0 Å². The molecule has 2 rings (SSSR count). The van der Waals surface area contributed by atoms with E-state index in [4.69, 9.17) is 0 Å². The number of nitrogens with zero attached hydrogens (tertiary/aromatic N) is 2. The zero-order chi connectivity index (χ0) is 15.0. The van der Waals surface area contributed by atoms with Gasteiger partial charge in [-0.05, 0) is 43.5 Å². The largest absolute Gasteiger partial charge is 0.323 e. The highest BCUT2D eigenvalue weighted by Crippen LogP contribution is 2.36. The molecular formula is C14H16N2O3S. The van der Waals surface area contributed by atoms with E-state index in [2.05, 4.69) is 6.07 Å². The summed E-state index contributed by atoms with van der Waals surface area (Å²) in [7, 11) is -1.65. The summed E-state index contributed by atoms with van der Waals surface area (Å²) in [6.45, 7) is 0. The summed E-state index contributed by atoms with van der Waals surface area (Å²) in [4.78, 5) is 14.0. The molecule has 1 aliphatic rings. The molecule has 1 aromatic rings. The minimum atomic E-state index is -3.27. The second-order valence-corrected chi connectivity index (χ2v) is 7.17. The van der Waals surface area contributed by atoms with E-state index in [1.165, 1.54) is 29.2 Å². The Morgan fingerprint density at radius 1 is 1.30 bits per heavy atom. The Kier molecular flexibility index (Phi) is 3.57. The van der Waals surface area contributed by atoms with Gasteiger partial charge in [-0.2, -0.15) is 5.26 Å². The molecule has 0 bridgehead atoms. The molecule has 0 radical (unpaired) electrons. The second-order valence-electron chi connectivity index (χ2n) is 5.16. The van der Waals surface area contributed by atoms with Crippen LogP contribution in [0.1, 0.15) is 29.6 Å². The van der Waals surface area contributed by atoms with Crippen LogP contribution in [0.5, 0.6) is 0 Å². The molecular weight excluding hydrogens is 276 g/mol. The van der Waals surface area contributed by atoms with Gasteiger partial charge >= 0.3 is 0 Å². The third kappa shape index (κ3) is 2.41. The van der Waals surface area contributed by atoms with Crippen molar-refractivity contribution in [2.24, 2.45) is 0 Å². The first-order valence-corrected chi connectivity index (χ1v) is 8.19. The Morgan fingerprint density at radius 3 is 2.20 bits per heavy atom. The second kappa shape index (κ2) is 4.91.